The van der Waals surface area contributed by atoms with E-state index in [0.29, 0.717) is 0 Å². The van der Waals surface area contributed by atoms with Crippen LogP contribution in [0.4, 0.5) is 0 Å². The Hall–Kier alpha value is -0.200. The van der Waals surface area contributed by atoms with Crippen molar-refractivity contribution < 1.29 is 20.4 Å². The molecule has 11 heavy (non-hydrogen) atoms. The van der Waals surface area contributed by atoms with Crippen LogP contribution in [0.2, 0.25) is 0 Å². The van der Waals surface area contributed by atoms with Crippen LogP contribution in [0, 0.1) is 6.92 Å². The maximum absolute atomic E-state index is 8.98. The minimum absolute atomic E-state index is 0.176. The zero-order valence-corrected chi connectivity index (χ0v) is 6.09. The fourth-order valence-electron chi connectivity index (χ4n) is 0.595. The lowest BCUT2D eigenvalue weighted by Crippen LogP contribution is -2.46. The van der Waals surface area contributed by atoms with E-state index in [4.69, 9.17) is 26.2 Å². The van der Waals surface area contributed by atoms with Crippen molar-refractivity contribution in [1.29, 1.82) is 0 Å². The predicted molar refractivity (Wildman–Crippen MR) is 38.4 cm³/mol. The lowest BCUT2D eigenvalue weighted by atomic mass is 10.0. The van der Waals surface area contributed by atoms with Gasteiger partial charge in [-0.25, -0.2) is 0 Å². The Kier molecular flexibility index (Phi) is 4.55. The molecule has 0 aliphatic rings. The molecule has 0 aromatic rings. The lowest BCUT2D eigenvalue weighted by Gasteiger charge is -2.23. The van der Waals surface area contributed by atoms with Crippen molar-refractivity contribution in [3.63, 3.8) is 0 Å². The smallest absolute Gasteiger partial charge is 0.109 e. The molecule has 0 heterocycles. The largest absolute Gasteiger partial charge is 0.390 e. The van der Waals surface area contributed by atoms with Crippen molar-refractivity contribution in [3.05, 3.63) is 6.92 Å². The molecular formula is C6H14NO4. The summed E-state index contributed by atoms with van der Waals surface area (Å²) in [5.41, 5.74) is 4.99. The summed E-state index contributed by atoms with van der Waals surface area (Å²) < 4.78 is 0. The van der Waals surface area contributed by atoms with Gasteiger partial charge in [0, 0.05) is 6.54 Å². The van der Waals surface area contributed by atoms with Gasteiger partial charge in [0.1, 0.15) is 12.2 Å². The molecular weight excluding hydrogens is 150 g/mol. The second-order valence-corrected chi connectivity index (χ2v) is 2.35. The van der Waals surface area contributed by atoms with Gasteiger partial charge < -0.3 is 26.2 Å². The van der Waals surface area contributed by atoms with Gasteiger partial charge in [-0.15, -0.1) is 0 Å². The van der Waals surface area contributed by atoms with Gasteiger partial charge >= 0.3 is 0 Å². The highest BCUT2D eigenvalue weighted by atomic mass is 16.4. The zero-order valence-electron chi connectivity index (χ0n) is 6.09. The third-order valence-electron chi connectivity index (χ3n) is 1.38. The quantitative estimate of drug-likeness (QED) is 0.309. The molecule has 0 rings (SSSR count). The molecule has 5 heteroatoms. The fraction of sp³-hybridized carbons (Fsp3) is 0.833. The first-order chi connectivity index (χ1) is 5.00. The Morgan fingerprint density at radius 2 is 1.55 bits per heavy atom. The summed E-state index contributed by atoms with van der Waals surface area (Å²) >= 11 is 0. The summed E-state index contributed by atoms with van der Waals surface area (Å²) in [6.07, 6.45) is -5.48. The maximum Gasteiger partial charge on any atom is 0.109 e. The molecule has 0 saturated carbocycles. The number of aliphatic hydroxyl groups is 4. The first-order valence-corrected chi connectivity index (χ1v) is 3.26. The van der Waals surface area contributed by atoms with Crippen molar-refractivity contribution in [1.82, 2.24) is 0 Å². The average Bonchev–Trinajstić information content (AvgIpc) is 2.00. The van der Waals surface area contributed by atoms with Crippen LogP contribution < -0.4 is 5.73 Å². The third-order valence-corrected chi connectivity index (χ3v) is 1.38. The van der Waals surface area contributed by atoms with Crippen LogP contribution in [-0.4, -0.2) is 51.4 Å². The van der Waals surface area contributed by atoms with E-state index in [9.17, 15) is 0 Å². The summed E-state index contributed by atoms with van der Waals surface area (Å²) in [5.74, 6) is 0. The molecule has 0 aliphatic carbocycles. The first kappa shape index (κ1) is 10.8. The van der Waals surface area contributed by atoms with Crippen molar-refractivity contribution in [2.75, 3.05) is 6.54 Å². The molecule has 4 unspecified atom stereocenters. The van der Waals surface area contributed by atoms with E-state index in [1.54, 1.807) is 0 Å². The number of hydrogen-bond acceptors (Lipinski definition) is 5. The van der Waals surface area contributed by atoms with E-state index in [2.05, 4.69) is 6.92 Å². The van der Waals surface area contributed by atoms with E-state index in [1.165, 1.54) is 0 Å². The van der Waals surface area contributed by atoms with Gasteiger partial charge in [-0.3, -0.25) is 0 Å². The Labute approximate surface area is 65.1 Å². The number of rotatable bonds is 4. The molecule has 0 amide bonds. The maximum atomic E-state index is 8.98. The van der Waals surface area contributed by atoms with Crippen LogP contribution in [0.5, 0.6) is 0 Å². The van der Waals surface area contributed by atoms with Crippen molar-refractivity contribution in [3.8, 4) is 0 Å². The zero-order chi connectivity index (χ0) is 9.02. The van der Waals surface area contributed by atoms with E-state index in [0.717, 1.165) is 0 Å². The molecule has 0 aromatic heterocycles. The average molecular weight is 164 g/mol. The van der Waals surface area contributed by atoms with Crippen LogP contribution in [0.3, 0.4) is 0 Å². The molecule has 4 atom stereocenters. The summed E-state index contributed by atoms with van der Waals surface area (Å²) in [6, 6.07) is 0. The first-order valence-electron chi connectivity index (χ1n) is 3.26. The summed E-state index contributed by atoms with van der Waals surface area (Å²) in [4.78, 5) is 0. The molecule has 6 N–H and O–H groups in total. The minimum atomic E-state index is -1.46. The summed E-state index contributed by atoms with van der Waals surface area (Å²) in [5, 5.41) is 35.4. The molecule has 0 aliphatic heterocycles. The van der Waals surface area contributed by atoms with Gasteiger partial charge in [0.05, 0.1) is 12.2 Å². The minimum Gasteiger partial charge on any atom is -0.390 e. The fourth-order valence-corrected chi connectivity index (χ4v) is 0.595. The molecule has 67 valence electrons. The highest BCUT2D eigenvalue weighted by molar-refractivity contribution is 4.81. The highest BCUT2D eigenvalue weighted by Crippen LogP contribution is 2.02. The van der Waals surface area contributed by atoms with Gasteiger partial charge in [0.15, 0.2) is 0 Å². The van der Waals surface area contributed by atoms with Crippen molar-refractivity contribution >= 4 is 0 Å². The Balaban J connectivity index is 3.90. The molecule has 0 bridgehead atoms. The van der Waals surface area contributed by atoms with Crippen LogP contribution in [0.25, 0.3) is 0 Å². The molecule has 0 fully saturated rings. The lowest BCUT2D eigenvalue weighted by molar-refractivity contribution is -0.0907. The highest BCUT2D eigenvalue weighted by Gasteiger charge is 2.26. The monoisotopic (exact) mass is 164 g/mol. The van der Waals surface area contributed by atoms with Crippen LogP contribution in [0.1, 0.15) is 0 Å². The van der Waals surface area contributed by atoms with Gasteiger partial charge in [-0.1, -0.05) is 0 Å². The standard InChI is InChI=1S/C6H14NO4/c1-3(8)5(10)6(11)4(9)2-7/h3-6,8-11H,1-2,7H2. The van der Waals surface area contributed by atoms with Crippen LogP contribution in [0.15, 0.2) is 0 Å². The summed E-state index contributed by atoms with van der Waals surface area (Å²) in [6.45, 7) is 2.89. The molecule has 0 spiro atoms. The second-order valence-electron chi connectivity index (χ2n) is 2.35. The SMILES string of the molecule is [CH2]C(O)C(O)C(O)C(O)CN. The molecule has 1 radical (unpaired) electrons. The van der Waals surface area contributed by atoms with E-state index in [-0.39, 0.29) is 6.54 Å². The van der Waals surface area contributed by atoms with Crippen molar-refractivity contribution in [2.24, 2.45) is 5.73 Å². The molecule has 0 saturated heterocycles. The van der Waals surface area contributed by atoms with Crippen LogP contribution >= 0.6 is 0 Å². The summed E-state index contributed by atoms with van der Waals surface area (Å²) in [7, 11) is 0. The Morgan fingerprint density at radius 1 is 1.09 bits per heavy atom. The van der Waals surface area contributed by atoms with Crippen LogP contribution in [-0.2, 0) is 0 Å². The van der Waals surface area contributed by atoms with Crippen molar-refractivity contribution in [2.45, 2.75) is 24.4 Å². The van der Waals surface area contributed by atoms with Gasteiger partial charge in [-0.05, 0) is 6.92 Å². The second kappa shape index (κ2) is 4.63. The van der Waals surface area contributed by atoms with Gasteiger partial charge in [0.25, 0.3) is 0 Å². The number of aliphatic hydroxyl groups excluding tert-OH is 4. The Bertz CT molecular complexity index is 109. The number of nitrogens with two attached hydrogens (primary N) is 1. The predicted octanol–water partition coefficient (Wildman–Crippen LogP) is -2.78. The molecule has 0 aromatic carbocycles. The topological polar surface area (TPSA) is 107 Å². The normalized spacial score (nSPS) is 22.4. The van der Waals surface area contributed by atoms with E-state index in [1.807, 2.05) is 0 Å². The Morgan fingerprint density at radius 3 is 1.82 bits per heavy atom. The van der Waals surface area contributed by atoms with Gasteiger partial charge in [-0.2, -0.15) is 0 Å². The van der Waals surface area contributed by atoms with E-state index >= 15 is 0 Å². The number of hydrogen-bond donors (Lipinski definition) is 5. The van der Waals surface area contributed by atoms with E-state index < -0.39 is 24.4 Å². The molecule has 5 nitrogen and oxygen atoms in total. The third kappa shape index (κ3) is 3.13. The van der Waals surface area contributed by atoms with Gasteiger partial charge in [0.2, 0.25) is 0 Å².